The minimum absolute atomic E-state index is 0.0655. The van der Waals surface area contributed by atoms with Crippen LogP contribution in [-0.4, -0.2) is 68.3 Å². The van der Waals surface area contributed by atoms with E-state index in [1.807, 2.05) is 30.3 Å². The zero-order chi connectivity index (χ0) is 25.1. The Bertz CT molecular complexity index is 734. The lowest BCUT2D eigenvalue weighted by Gasteiger charge is -2.43. The molecule has 1 aliphatic carbocycles. The summed E-state index contributed by atoms with van der Waals surface area (Å²) in [5.74, 6) is 1.55. The maximum Gasteiger partial charge on any atom is 0.222 e. The van der Waals surface area contributed by atoms with Crippen molar-refractivity contribution in [2.75, 3.05) is 47.4 Å². The van der Waals surface area contributed by atoms with Crippen LogP contribution < -0.4 is 0 Å². The monoisotopic (exact) mass is 486 g/mol. The van der Waals surface area contributed by atoms with Gasteiger partial charge < -0.3 is 19.6 Å². The fraction of sp³-hybridized carbons (Fsp3) is 0.767. The molecule has 2 fully saturated rings. The third-order valence-corrected chi connectivity index (χ3v) is 8.36. The van der Waals surface area contributed by atoms with Crippen LogP contribution in [0.2, 0.25) is 0 Å². The number of hydrogen-bond acceptors (Lipinski definition) is 4. The van der Waals surface area contributed by atoms with Crippen molar-refractivity contribution >= 4 is 5.91 Å². The predicted octanol–water partition coefficient (Wildman–Crippen LogP) is 5.47. The van der Waals surface area contributed by atoms with Crippen LogP contribution in [0.4, 0.5) is 0 Å². The van der Waals surface area contributed by atoms with Crippen LogP contribution in [0.1, 0.15) is 82.6 Å². The molecule has 198 valence electrons. The van der Waals surface area contributed by atoms with Crippen molar-refractivity contribution in [3.63, 3.8) is 0 Å². The summed E-state index contributed by atoms with van der Waals surface area (Å²) in [4.78, 5) is 17.9. The van der Waals surface area contributed by atoms with Crippen LogP contribution in [0, 0.1) is 17.8 Å². The van der Waals surface area contributed by atoms with E-state index in [1.165, 1.54) is 38.5 Å². The fourth-order valence-electron chi connectivity index (χ4n) is 6.55. The van der Waals surface area contributed by atoms with E-state index >= 15 is 0 Å². The van der Waals surface area contributed by atoms with Crippen LogP contribution in [-0.2, 0) is 15.1 Å². The number of unbranched alkanes of at least 4 members (excludes halogenated alkanes) is 1. The van der Waals surface area contributed by atoms with Crippen molar-refractivity contribution in [1.82, 2.24) is 9.80 Å². The first-order valence-electron chi connectivity index (χ1n) is 14.1. The summed E-state index contributed by atoms with van der Waals surface area (Å²) >= 11 is 0. The van der Waals surface area contributed by atoms with Gasteiger partial charge in [-0.3, -0.25) is 4.79 Å². The van der Waals surface area contributed by atoms with Crippen molar-refractivity contribution < 1.29 is 14.6 Å². The molecular formula is C30H50N2O3. The maximum absolute atomic E-state index is 13.5. The van der Waals surface area contributed by atoms with Crippen molar-refractivity contribution in [2.24, 2.45) is 17.8 Å². The zero-order valence-electron chi connectivity index (χ0n) is 22.6. The molecule has 35 heavy (non-hydrogen) atoms. The molecule has 3 atom stereocenters. The molecule has 1 saturated carbocycles. The minimum Gasteiger partial charge on any atom is -0.385 e. The van der Waals surface area contributed by atoms with E-state index in [0.29, 0.717) is 31.9 Å². The number of nitrogens with zero attached hydrogens (tertiary/aromatic N) is 2. The van der Waals surface area contributed by atoms with Gasteiger partial charge in [-0.2, -0.15) is 0 Å². The Kier molecular flexibility index (Phi) is 11.5. The summed E-state index contributed by atoms with van der Waals surface area (Å²) in [5.41, 5.74) is 0.0820. The highest BCUT2D eigenvalue weighted by Crippen LogP contribution is 2.40. The quantitative estimate of drug-likeness (QED) is 0.376. The molecule has 0 unspecified atom stereocenters. The molecule has 1 amide bonds. The lowest BCUT2D eigenvalue weighted by Crippen LogP contribution is -2.48. The average Bonchev–Trinajstić information content (AvgIpc) is 2.87. The molecule has 1 heterocycles. The summed E-state index contributed by atoms with van der Waals surface area (Å²) in [6, 6.07) is 10.1. The van der Waals surface area contributed by atoms with Gasteiger partial charge in [0.15, 0.2) is 0 Å². The Morgan fingerprint density at radius 1 is 1.11 bits per heavy atom. The highest BCUT2D eigenvalue weighted by atomic mass is 16.5. The second-order valence-electron chi connectivity index (χ2n) is 11.5. The predicted molar refractivity (Wildman–Crippen MR) is 143 cm³/mol. The number of methoxy groups -OCH3 is 1. The average molecular weight is 487 g/mol. The topological polar surface area (TPSA) is 53.0 Å². The number of hydrogen-bond donors (Lipinski definition) is 1. The van der Waals surface area contributed by atoms with E-state index in [9.17, 15) is 9.90 Å². The number of ether oxygens (including phenoxy) is 1. The molecule has 5 nitrogen and oxygen atoms in total. The first-order chi connectivity index (χ1) is 16.9. The number of carbonyl (C=O) groups excluding carboxylic acids is 1. The Balaban J connectivity index is 1.66. The smallest absolute Gasteiger partial charge is 0.222 e. The van der Waals surface area contributed by atoms with Crippen LogP contribution in [0.5, 0.6) is 0 Å². The standard InChI is InChI=1S/C30H50N2O3/c1-31(2)23-26(21-25-13-6-4-7-14-25)22-29(33)32-19-12-17-28(24-32)30(34,18-10-11-20-35-3)27-15-8-5-9-16-27/h5,8-9,15-16,25-26,28,34H,4,6-7,10-14,17-24H2,1-3H3/t26-,28-,30-/m1/s1. The maximum atomic E-state index is 13.5. The van der Waals surface area contributed by atoms with Crippen molar-refractivity contribution in [1.29, 1.82) is 0 Å². The lowest BCUT2D eigenvalue weighted by molar-refractivity contribution is -0.138. The summed E-state index contributed by atoms with van der Waals surface area (Å²) in [6.45, 7) is 3.18. The van der Waals surface area contributed by atoms with Gasteiger partial charge in [0.2, 0.25) is 5.91 Å². The number of carbonyl (C=O) groups is 1. The second-order valence-corrected chi connectivity index (χ2v) is 11.5. The third-order valence-electron chi connectivity index (χ3n) is 8.36. The number of piperidine rings is 1. The van der Waals surface area contributed by atoms with Crippen molar-refractivity contribution in [3.05, 3.63) is 35.9 Å². The molecule has 1 aromatic rings. The number of rotatable bonds is 13. The summed E-state index contributed by atoms with van der Waals surface area (Å²) in [6.07, 6.45) is 13.0. The van der Waals surface area contributed by atoms with Crippen LogP contribution in [0.15, 0.2) is 30.3 Å². The van der Waals surface area contributed by atoms with Gasteiger partial charge in [0.1, 0.15) is 0 Å². The molecule has 0 aromatic heterocycles. The minimum atomic E-state index is -0.904. The van der Waals surface area contributed by atoms with E-state index in [1.54, 1.807) is 7.11 Å². The highest BCUT2D eigenvalue weighted by molar-refractivity contribution is 5.76. The number of amides is 1. The van der Waals surface area contributed by atoms with Gasteiger partial charge in [-0.1, -0.05) is 62.4 Å². The van der Waals surface area contributed by atoms with E-state index in [4.69, 9.17) is 4.74 Å². The fourth-order valence-corrected chi connectivity index (χ4v) is 6.55. The van der Waals surface area contributed by atoms with Gasteiger partial charge in [0.25, 0.3) is 0 Å². The largest absolute Gasteiger partial charge is 0.385 e. The zero-order valence-corrected chi connectivity index (χ0v) is 22.6. The van der Waals surface area contributed by atoms with Crippen molar-refractivity contribution in [3.8, 4) is 0 Å². The van der Waals surface area contributed by atoms with E-state index < -0.39 is 5.60 Å². The Morgan fingerprint density at radius 2 is 1.86 bits per heavy atom. The van der Waals surface area contributed by atoms with E-state index in [-0.39, 0.29) is 11.8 Å². The summed E-state index contributed by atoms with van der Waals surface area (Å²) in [5, 5.41) is 12.0. The Morgan fingerprint density at radius 3 is 2.54 bits per heavy atom. The van der Waals surface area contributed by atoms with Crippen LogP contribution in [0.3, 0.4) is 0 Å². The summed E-state index contributed by atoms with van der Waals surface area (Å²) in [7, 11) is 5.98. The Labute approximate surface area is 214 Å². The molecule has 0 spiro atoms. The molecule has 1 N–H and O–H groups in total. The molecule has 0 bridgehead atoms. The molecule has 1 aliphatic heterocycles. The molecule has 0 radical (unpaired) electrons. The van der Waals surface area contributed by atoms with Gasteiger partial charge in [0, 0.05) is 45.7 Å². The molecule has 1 saturated heterocycles. The van der Waals surface area contributed by atoms with E-state index in [0.717, 1.165) is 50.3 Å². The van der Waals surface area contributed by atoms with Gasteiger partial charge in [-0.15, -0.1) is 0 Å². The highest BCUT2D eigenvalue weighted by Gasteiger charge is 2.41. The molecule has 2 aliphatic rings. The molecule has 5 heteroatoms. The normalized spacial score (nSPS) is 22.2. The van der Waals surface area contributed by atoms with Crippen molar-refractivity contribution in [2.45, 2.75) is 82.7 Å². The number of aliphatic hydroxyl groups is 1. The van der Waals surface area contributed by atoms with Crippen LogP contribution in [0.25, 0.3) is 0 Å². The molecule has 1 aromatic carbocycles. The number of benzene rings is 1. The first-order valence-corrected chi connectivity index (χ1v) is 14.1. The lowest BCUT2D eigenvalue weighted by atomic mass is 9.74. The van der Waals surface area contributed by atoms with E-state index in [2.05, 4.69) is 23.9 Å². The van der Waals surface area contributed by atoms with Gasteiger partial charge in [-0.25, -0.2) is 0 Å². The second kappa shape index (κ2) is 14.3. The number of likely N-dealkylation sites (tertiary alicyclic amines) is 1. The molecule has 3 rings (SSSR count). The Hall–Kier alpha value is -1.43. The van der Waals surface area contributed by atoms with Gasteiger partial charge in [0.05, 0.1) is 5.60 Å². The van der Waals surface area contributed by atoms with Gasteiger partial charge >= 0.3 is 0 Å². The molecular weight excluding hydrogens is 436 g/mol. The van der Waals surface area contributed by atoms with Crippen LogP contribution >= 0.6 is 0 Å². The SMILES string of the molecule is COCCCC[C@@](O)(c1ccccc1)[C@@H]1CCCN(C(=O)C[C@@H](CC2CCCCC2)CN(C)C)C1. The first kappa shape index (κ1) is 28.1. The summed E-state index contributed by atoms with van der Waals surface area (Å²) < 4.78 is 5.24. The third kappa shape index (κ3) is 8.58. The van der Waals surface area contributed by atoms with Gasteiger partial charge in [-0.05, 0) is 70.0 Å².